The number of fused-ring (bicyclic) bond motifs is 1. The van der Waals surface area contributed by atoms with Crippen molar-refractivity contribution < 1.29 is 32.3 Å². The highest BCUT2D eigenvalue weighted by molar-refractivity contribution is 7.89. The fraction of sp³-hybridized carbons (Fsp3) is 0.318. The Morgan fingerprint density at radius 1 is 1.15 bits per heavy atom. The number of hydrogen-bond donors (Lipinski definition) is 3. The molecule has 2 aromatic rings. The lowest BCUT2D eigenvalue weighted by atomic mass is 9.99. The van der Waals surface area contributed by atoms with Gasteiger partial charge in [-0.1, -0.05) is 0 Å². The number of anilines is 1. The lowest BCUT2D eigenvalue weighted by Crippen LogP contribution is -2.18. The fourth-order valence-corrected chi connectivity index (χ4v) is 4.30. The molecule has 1 amide bonds. The number of esters is 2. The van der Waals surface area contributed by atoms with Gasteiger partial charge in [-0.25, -0.2) is 17.9 Å². The number of ether oxygens (including phenoxy) is 2. The summed E-state index contributed by atoms with van der Waals surface area (Å²) in [5, 5.41) is 2.70. The molecule has 176 valence electrons. The van der Waals surface area contributed by atoms with Crippen LogP contribution >= 0.6 is 0 Å². The topological polar surface area (TPSA) is 144 Å². The van der Waals surface area contributed by atoms with Crippen LogP contribution in [0.5, 0.6) is 0 Å². The number of hydrogen-bond acceptors (Lipinski definition) is 7. The molecule has 3 rings (SSSR count). The van der Waals surface area contributed by atoms with Crippen molar-refractivity contribution in [3.8, 4) is 0 Å². The molecule has 1 aromatic carbocycles. The number of aryl methyl sites for hydroxylation is 1. The molecule has 0 bridgehead atoms. The second-order valence-electron chi connectivity index (χ2n) is 7.15. The Balaban J connectivity index is 2.17. The Morgan fingerprint density at radius 3 is 2.48 bits per heavy atom. The number of benzene rings is 1. The van der Waals surface area contributed by atoms with Crippen LogP contribution in [-0.2, 0) is 35.5 Å². The number of sulfonamides is 1. The summed E-state index contributed by atoms with van der Waals surface area (Å²) in [7, 11) is -2.43. The smallest absolute Gasteiger partial charge is 0.355 e. The van der Waals surface area contributed by atoms with Crippen molar-refractivity contribution in [3.05, 3.63) is 46.3 Å². The van der Waals surface area contributed by atoms with Gasteiger partial charge in [-0.05, 0) is 52.1 Å². The predicted molar refractivity (Wildman–Crippen MR) is 121 cm³/mol. The quantitative estimate of drug-likeness (QED) is 0.391. The van der Waals surface area contributed by atoms with Gasteiger partial charge >= 0.3 is 11.9 Å². The minimum Gasteiger partial charge on any atom is -0.466 e. The van der Waals surface area contributed by atoms with Crippen LogP contribution < -0.4 is 10.0 Å². The fourth-order valence-electron chi connectivity index (χ4n) is 3.54. The molecule has 0 radical (unpaired) electrons. The first-order valence-corrected chi connectivity index (χ1v) is 11.8. The Hall–Kier alpha value is -3.44. The highest BCUT2D eigenvalue weighted by Crippen LogP contribution is 2.36. The normalized spacial score (nSPS) is 14.2. The minimum atomic E-state index is -3.73. The third kappa shape index (κ3) is 4.83. The number of aromatic amines is 1. The second kappa shape index (κ2) is 9.59. The Labute approximate surface area is 191 Å². The van der Waals surface area contributed by atoms with E-state index < -0.39 is 27.9 Å². The monoisotopic (exact) mass is 475 g/mol. The summed E-state index contributed by atoms with van der Waals surface area (Å²) < 4.78 is 36.8. The SMILES string of the molecule is CCOC(=O)Cc1c(C(=O)OCC)[nH]c(C)c1/C=C1/C(=O)Nc2ccc(S(=O)(=O)NC)cc21. The van der Waals surface area contributed by atoms with Crippen molar-refractivity contribution in [1.29, 1.82) is 0 Å². The molecule has 11 heteroatoms. The number of carbonyl (C=O) groups excluding carboxylic acids is 3. The lowest BCUT2D eigenvalue weighted by molar-refractivity contribution is -0.142. The molecular formula is C22H25N3O7S. The first kappa shape index (κ1) is 24.2. The summed E-state index contributed by atoms with van der Waals surface area (Å²) >= 11 is 0. The van der Waals surface area contributed by atoms with Crippen LogP contribution in [0, 0.1) is 6.92 Å². The molecule has 0 saturated carbocycles. The highest BCUT2D eigenvalue weighted by Gasteiger charge is 2.29. The number of rotatable bonds is 8. The van der Waals surface area contributed by atoms with E-state index in [1.54, 1.807) is 20.8 Å². The van der Waals surface area contributed by atoms with Gasteiger partial charge in [0.15, 0.2) is 0 Å². The van der Waals surface area contributed by atoms with Crippen molar-refractivity contribution in [2.75, 3.05) is 25.6 Å². The summed E-state index contributed by atoms with van der Waals surface area (Å²) in [6.45, 7) is 5.35. The summed E-state index contributed by atoms with van der Waals surface area (Å²) in [6.07, 6.45) is 1.31. The molecule has 10 nitrogen and oxygen atoms in total. The average Bonchev–Trinajstić information content (AvgIpc) is 3.24. The van der Waals surface area contributed by atoms with Gasteiger partial charge in [-0.2, -0.15) is 0 Å². The van der Waals surface area contributed by atoms with E-state index >= 15 is 0 Å². The standard InChI is InChI=1S/C22H25N3O7S/c1-5-31-19(26)11-16-14(12(3)24-20(16)22(28)32-6-2)10-17-15-9-13(33(29,30)23-4)7-8-18(15)25-21(17)27/h7-10,23-24H,5-6,11H2,1-4H3,(H,25,27)/b17-10+. The first-order valence-electron chi connectivity index (χ1n) is 10.3. The van der Waals surface area contributed by atoms with E-state index in [9.17, 15) is 22.8 Å². The Morgan fingerprint density at radius 2 is 1.85 bits per heavy atom. The van der Waals surface area contributed by atoms with Crippen molar-refractivity contribution in [1.82, 2.24) is 9.71 Å². The van der Waals surface area contributed by atoms with Gasteiger partial charge in [-0.15, -0.1) is 0 Å². The van der Waals surface area contributed by atoms with Crippen molar-refractivity contribution in [2.45, 2.75) is 32.1 Å². The van der Waals surface area contributed by atoms with Gasteiger partial charge in [0.2, 0.25) is 10.0 Å². The van der Waals surface area contributed by atoms with Crippen LogP contribution in [0.4, 0.5) is 5.69 Å². The zero-order valence-corrected chi connectivity index (χ0v) is 19.5. The largest absolute Gasteiger partial charge is 0.466 e. The maximum atomic E-state index is 12.7. The molecule has 3 N–H and O–H groups in total. The van der Waals surface area contributed by atoms with Gasteiger partial charge in [0.1, 0.15) is 5.69 Å². The maximum absolute atomic E-state index is 12.7. The highest BCUT2D eigenvalue weighted by atomic mass is 32.2. The average molecular weight is 476 g/mol. The van der Waals surface area contributed by atoms with Gasteiger partial charge in [0.05, 0.1) is 24.5 Å². The zero-order chi connectivity index (χ0) is 24.3. The van der Waals surface area contributed by atoms with Gasteiger partial charge in [-0.3, -0.25) is 9.59 Å². The van der Waals surface area contributed by atoms with E-state index in [0.717, 1.165) is 0 Å². The van der Waals surface area contributed by atoms with Gasteiger partial charge < -0.3 is 19.8 Å². The molecule has 0 atom stereocenters. The molecule has 0 fully saturated rings. The summed E-state index contributed by atoms with van der Waals surface area (Å²) in [4.78, 5) is 40.4. The molecule has 2 heterocycles. The number of nitrogens with one attached hydrogen (secondary N) is 3. The molecule has 33 heavy (non-hydrogen) atoms. The lowest BCUT2D eigenvalue weighted by Gasteiger charge is -2.07. The van der Waals surface area contributed by atoms with Crippen LogP contribution in [0.1, 0.15) is 46.7 Å². The minimum absolute atomic E-state index is 0.00380. The molecule has 1 aliphatic rings. The molecule has 0 aliphatic carbocycles. The first-order chi connectivity index (χ1) is 15.6. The van der Waals surface area contributed by atoms with Crippen LogP contribution in [0.25, 0.3) is 11.6 Å². The Bertz CT molecular complexity index is 1260. The number of H-pyrrole nitrogens is 1. The van der Waals surface area contributed by atoms with E-state index in [1.807, 2.05) is 0 Å². The Kier molecular flexibility index (Phi) is 7.04. The third-order valence-electron chi connectivity index (χ3n) is 5.09. The summed E-state index contributed by atoms with van der Waals surface area (Å²) in [5.41, 5.74) is 2.44. The summed E-state index contributed by atoms with van der Waals surface area (Å²) in [5.74, 6) is -1.62. The van der Waals surface area contributed by atoms with Crippen LogP contribution in [0.3, 0.4) is 0 Å². The molecule has 1 aromatic heterocycles. The van der Waals surface area contributed by atoms with E-state index in [-0.39, 0.29) is 35.8 Å². The number of carbonyl (C=O) groups is 3. The summed E-state index contributed by atoms with van der Waals surface area (Å²) in [6, 6.07) is 4.29. The molecule has 1 aliphatic heterocycles. The number of amides is 1. The van der Waals surface area contributed by atoms with Crippen LogP contribution in [0.2, 0.25) is 0 Å². The molecule has 0 unspecified atom stereocenters. The van der Waals surface area contributed by atoms with E-state index in [2.05, 4.69) is 15.0 Å². The van der Waals surface area contributed by atoms with Gasteiger partial charge in [0, 0.05) is 33.6 Å². The number of aromatic nitrogens is 1. The van der Waals surface area contributed by atoms with Crippen LogP contribution in [0.15, 0.2) is 23.1 Å². The third-order valence-corrected chi connectivity index (χ3v) is 6.50. The van der Waals surface area contributed by atoms with E-state index in [1.165, 1.54) is 31.3 Å². The van der Waals surface area contributed by atoms with E-state index in [0.29, 0.717) is 28.1 Å². The molecule has 0 saturated heterocycles. The van der Waals surface area contributed by atoms with Crippen LogP contribution in [-0.4, -0.2) is 51.5 Å². The van der Waals surface area contributed by atoms with Crippen molar-refractivity contribution in [3.63, 3.8) is 0 Å². The van der Waals surface area contributed by atoms with Crippen molar-refractivity contribution in [2.24, 2.45) is 0 Å². The van der Waals surface area contributed by atoms with Crippen molar-refractivity contribution >= 4 is 45.2 Å². The van der Waals surface area contributed by atoms with E-state index in [4.69, 9.17) is 9.47 Å². The van der Waals surface area contributed by atoms with Gasteiger partial charge in [0.25, 0.3) is 5.91 Å². The predicted octanol–water partition coefficient (Wildman–Crippen LogP) is 2.01. The molecular weight excluding hydrogens is 450 g/mol. The zero-order valence-electron chi connectivity index (χ0n) is 18.7. The molecule has 0 spiro atoms. The maximum Gasteiger partial charge on any atom is 0.355 e. The second-order valence-corrected chi connectivity index (χ2v) is 9.03.